The molecule has 0 radical (unpaired) electrons. The van der Waals surface area contributed by atoms with Gasteiger partial charge in [-0.2, -0.15) is 0 Å². The van der Waals surface area contributed by atoms with E-state index in [4.69, 9.17) is 10.7 Å². The van der Waals surface area contributed by atoms with E-state index in [1.165, 1.54) is 31.4 Å². The lowest BCUT2D eigenvalue weighted by atomic mass is 10.1. The molecule has 1 fully saturated rings. The van der Waals surface area contributed by atoms with Gasteiger partial charge in [0.25, 0.3) is 0 Å². The van der Waals surface area contributed by atoms with Gasteiger partial charge >= 0.3 is 0 Å². The van der Waals surface area contributed by atoms with E-state index in [1.807, 2.05) is 0 Å². The fraction of sp³-hybridized carbons (Fsp3) is 0.588. The molecule has 1 saturated heterocycles. The lowest BCUT2D eigenvalue weighted by Gasteiger charge is -2.18. The Kier molecular flexibility index (Phi) is 4.56. The van der Waals surface area contributed by atoms with Gasteiger partial charge in [-0.15, -0.1) is 0 Å². The zero-order valence-corrected chi connectivity index (χ0v) is 13.0. The summed E-state index contributed by atoms with van der Waals surface area (Å²) >= 11 is 0. The third-order valence-electron chi connectivity index (χ3n) is 4.45. The quantitative estimate of drug-likeness (QED) is 0.888. The van der Waals surface area contributed by atoms with Crippen molar-refractivity contribution >= 4 is 11.0 Å². The molecule has 2 N–H and O–H groups in total. The van der Waals surface area contributed by atoms with Crippen LogP contribution in [0.1, 0.15) is 44.5 Å². The molecule has 1 unspecified atom stereocenters. The number of imidazole rings is 1. The van der Waals surface area contributed by atoms with Crippen LogP contribution in [0.2, 0.25) is 0 Å². The van der Waals surface area contributed by atoms with Gasteiger partial charge in [0, 0.05) is 13.1 Å². The number of para-hydroxylation sites is 2. The van der Waals surface area contributed by atoms with Crippen LogP contribution in [0.5, 0.6) is 0 Å². The van der Waals surface area contributed by atoms with Crippen molar-refractivity contribution in [3.8, 4) is 0 Å². The predicted octanol–water partition coefficient (Wildman–Crippen LogP) is 2.93. The molecule has 21 heavy (non-hydrogen) atoms. The van der Waals surface area contributed by atoms with E-state index in [2.05, 4.69) is 40.7 Å². The number of hydrogen-bond acceptors (Lipinski definition) is 3. The average molecular weight is 286 g/mol. The maximum absolute atomic E-state index is 6.36. The van der Waals surface area contributed by atoms with Crippen LogP contribution in [0.4, 0.5) is 0 Å². The van der Waals surface area contributed by atoms with Gasteiger partial charge in [0.15, 0.2) is 0 Å². The highest BCUT2D eigenvalue weighted by atomic mass is 15.2. The molecule has 1 atom stereocenters. The summed E-state index contributed by atoms with van der Waals surface area (Å²) in [5.74, 6) is 1.05. The van der Waals surface area contributed by atoms with Gasteiger partial charge in [0.1, 0.15) is 5.82 Å². The van der Waals surface area contributed by atoms with E-state index in [9.17, 15) is 0 Å². The molecule has 4 nitrogen and oxygen atoms in total. The predicted molar refractivity (Wildman–Crippen MR) is 87.2 cm³/mol. The molecule has 2 heterocycles. The number of fused-ring (bicyclic) bond motifs is 1. The molecular weight excluding hydrogens is 260 g/mol. The normalized spacial score (nSPS) is 17.6. The first kappa shape index (κ1) is 14.5. The van der Waals surface area contributed by atoms with Crippen molar-refractivity contribution in [2.75, 3.05) is 19.6 Å². The molecule has 1 aliphatic rings. The van der Waals surface area contributed by atoms with Crippen LogP contribution < -0.4 is 5.73 Å². The Morgan fingerprint density at radius 2 is 1.95 bits per heavy atom. The highest BCUT2D eigenvalue weighted by Gasteiger charge is 2.18. The van der Waals surface area contributed by atoms with Crippen molar-refractivity contribution in [3.05, 3.63) is 30.1 Å². The zero-order chi connectivity index (χ0) is 14.7. The number of aromatic nitrogens is 2. The monoisotopic (exact) mass is 286 g/mol. The van der Waals surface area contributed by atoms with E-state index < -0.39 is 0 Å². The molecule has 0 saturated carbocycles. The Morgan fingerprint density at radius 3 is 2.71 bits per heavy atom. The fourth-order valence-corrected chi connectivity index (χ4v) is 3.30. The van der Waals surface area contributed by atoms with Crippen LogP contribution in [0.15, 0.2) is 24.3 Å². The van der Waals surface area contributed by atoms with E-state index in [-0.39, 0.29) is 6.04 Å². The van der Waals surface area contributed by atoms with Gasteiger partial charge in [0.2, 0.25) is 0 Å². The third-order valence-corrected chi connectivity index (χ3v) is 4.45. The maximum Gasteiger partial charge on any atom is 0.126 e. The zero-order valence-electron chi connectivity index (χ0n) is 13.0. The molecule has 1 aromatic carbocycles. The first-order valence-electron chi connectivity index (χ1n) is 8.22. The highest BCUT2D eigenvalue weighted by Crippen LogP contribution is 2.22. The standard InChI is InChI=1S/C17H26N4/c1-2-7-14(18)17-19-15-8-3-4-9-16(15)21(17)13-12-20-10-5-6-11-20/h3-4,8-9,14H,2,5-7,10-13,18H2,1H3. The van der Waals surface area contributed by atoms with Crippen LogP contribution in [0, 0.1) is 0 Å². The average Bonchev–Trinajstić information content (AvgIpc) is 3.12. The van der Waals surface area contributed by atoms with Crippen molar-refractivity contribution < 1.29 is 0 Å². The summed E-state index contributed by atoms with van der Waals surface area (Å²) in [6, 6.07) is 8.43. The lowest BCUT2D eigenvalue weighted by Crippen LogP contribution is -2.26. The Balaban J connectivity index is 1.87. The van der Waals surface area contributed by atoms with Gasteiger partial charge in [-0.3, -0.25) is 0 Å². The third kappa shape index (κ3) is 3.11. The Labute approximate surface area is 126 Å². The molecule has 0 bridgehead atoms. The van der Waals surface area contributed by atoms with E-state index in [0.717, 1.165) is 37.3 Å². The van der Waals surface area contributed by atoms with Gasteiger partial charge in [-0.1, -0.05) is 25.5 Å². The van der Waals surface area contributed by atoms with E-state index in [0.29, 0.717) is 0 Å². The van der Waals surface area contributed by atoms with Crippen molar-refractivity contribution in [2.45, 2.75) is 45.2 Å². The molecular formula is C17H26N4. The van der Waals surface area contributed by atoms with Crippen LogP contribution >= 0.6 is 0 Å². The number of rotatable bonds is 6. The fourth-order valence-electron chi connectivity index (χ4n) is 3.30. The highest BCUT2D eigenvalue weighted by molar-refractivity contribution is 5.76. The summed E-state index contributed by atoms with van der Waals surface area (Å²) < 4.78 is 2.34. The summed E-state index contributed by atoms with van der Waals surface area (Å²) in [5, 5.41) is 0. The van der Waals surface area contributed by atoms with Gasteiger partial charge < -0.3 is 15.2 Å². The maximum atomic E-state index is 6.36. The van der Waals surface area contributed by atoms with Crippen molar-refractivity contribution in [1.82, 2.24) is 14.5 Å². The largest absolute Gasteiger partial charge is 0.325 e. The minimum absolute atomic E-state index is 0.0426. The number of benzene rings is 1. The number of likely N-dealkylation sites (tertiary alicyclic amines) is 1. The van der Waals surface area contributed by atoms with Gasteiger partial charge in [-0.25, -0.2) is 4.98 Å². The molecule has 0 amide bonds. The smallest absolute Gasteiger partial charge is 0.126 e. The number of nitrogens with zero attached hydrogens (tertiary/aromatic N) is 3. The van der Waals surface area contributed by atoms with Crippen LogP contribution in [-0.2, 0) is 6.54 Å². The van der Waals surface area contributed by atoms with Crippen molar-refractivity contribution in [1.29, 1.82) is 0 Å². The Hall–Kier alpha value is -1.39. The molecule has 1 aliphatic heterocycles. The summed E-state index contributed by atoms with van der Waals surface area (Å²) in [7, 11) is 0. The van der Waals surface area contributed by atoms with Crippen molar-refractivity contribution in [2.24, 2.45) is 5.73 Å². The van der Waals surface area contributed by atoms with E-state index >= 15 is 0 Å². The lowest BCUT2D eigenvalue weighted by molar-refractivity contribution is 0.320. The first-order valence-corrected chi connectivity index (χ1v) is 8.22. The molecule has 4 heteroatoms. The Bertz CT molecular complexity index is 583. The summed E-state index contributed by atoms with van der Waals surface area (Å²) in [5.41, 5.74) is 8.65. The van der Waals surface area contributed by atoms with Crippen molar-refractivity contribution in [3.63, 3.8) is 0 Å². The van der Waals surface area contributed by atoms with Gasteiger partial charge in [0.05, 0.1) is 17.1 Å². The minimum Gasteiger partial charge on any atom is -0.325 e. The summed E-state index contributed by atoms with van der Waals surface area (Å²) in [6.45, 7) is 6.75. The Morgan fingerprint density at radius 1 is 1.19 bits per heavy atom. The SMILES string of the molecule is CCCC(N)c1nc2ccccc2n1CCN1CCCC1. The van der Waals surface area contributed by atoms with Crippen LogP contribution in [0.3, 0.4) is 0 Å². The summed E-state index contributed by atoms with van der Waals surface area (Å²) in [4.78, 5) is 7.34. The second-order valence-electron chi connectivity index (χ2n) is 6.05. The van der Waals surface area contributed by atoms with Gasteiger partial charge in [-0.05, 0) is 44.5 Å². The molecule has 0 aliphatic carbocycles. The number of hydrogen-bond donors (Lipinski definition) is 1. The number of nitrogens with two attached hydrogens (primary N) is 1. The van der Waals surface area contributed by atoms with Crippen LogP contribution in [0.25, 0.3) is 11.0 Å². The molecule has 2 aromatic rings. The van der Waals surface area contributed by atoms with E-state index in [1.54, 1.807) is 0 Å². The second kappa shape index (κ2) is 6.58. The molecule has 0 spiro atoms. The minimum atomic E-state index is 0.0426. The second-order valence-corrected chi connectivity index (χ2v) is 6.05. The molecule has 1 aromatic heterocycles. The van der Waals surface area contributed by atoms with Crippen LogP contribution in [-0.4, -0.2) is 34.1 Å². The topological polar surface area (TPSA) is 47.1 Å². The first-order chi connectivity index (χ1) is 10.3. The molecule has 114 valence electrons. The molecule has 3 rings (SSSR count). The summed E-state index contributed by atoms with van der Waals surface area (Å²) in [6.07, 6.45) is 4.77.